The number of hydrogen-bond donors (Lipinski definition) is 2. The van der Waals surface area contributed by atoms with Crippen LogP contribution in [0.5, 0.6) is 0 Å². The number of aromatic amines is 1. The summed E-state index contributed by atoms with van der Waals surface area (Å²) in [5, 5.41) is 18.3. The maximum absolute atomic E-state index is 12.6. The van der Waals surface area contributed by atoms with Gasteiger partial charge in [-0.2, -0.15) is 9.40 Å². The molecular weight excluding hydrogens is 330 g/mol. The zero-order valence-electron chi connectivity index (χ0n) is 14.0. The van der Waals surface area contributed by atoms with Crippen molar-refractivity contribution in [2.24, 2.45) is 0 Å². The van der Waals surface area contributed by atoms with Crippen LogP contribution in [0.4, 0.5) is 0 Å². The summed E-state index contributed by atoms with van der Waals surface area (Å²) in [5.41, 5.74) is 1.35. The summed E-state index contributed by atoms with van der Waals surface area (Å²) in [4.78, 5) is 0.148. The molecule has 2 rings (SSSR count). The third-order valence-electron chi connectivity index (χ3n) is 3.69. The molecule has 0 saturated carbocycles. The number of rotatable bonds is 5. The summed E-state index contributed by atoms with van der Waals surface area (Å²) < 4.78 is 26.1. The van der Waals surface area contributed by atoms with Gasteiger partial charge in [-0.3, -0.25) is 5.10 Å². The Balaban J connectivity index is 2.30. The molecule has 1 aromatic carbocycles. The number of aliphatic hydroxyl groups excluding tert-OH is 1. The molecule has 1 heterocycles. The van der Waals surface area contributed by atoms with E-state index in [4.69, 9.17) is 0 Å². The lowest BCUT2D eigenvalue weighted by molar-refractivity contribution is 0.0740. The molecular formula is C15H23N3O3SSi. The van der Waals surface area contributed by atoms with E-state index in [9.17, 15) is 13.5 Å². The number of H-pyrrole nitrogens is 1. The summed E-state index contributed by atoms with van der Waals surface area (Å²) in [6, 6.07) is 8.28. The van der Waals surface area contributed by atoms with Gasteiger partial charge in [-0.15, -0.1) is 0 Å². The van der Waals surface area contributed by atoms with Crippen LogP contribution in [0.25, 0.3) is 0 Å². The standard InChI is InChI=1S/C15H23N3O3SSi/c1-11-6-8-12(9-7-11)22(20,21)18(2)15(19)13-10-14(17-16-13)23(3,4)5/h6-10,15,19H,1-5H3,(H,16,17). The van der Waals surface area contributed by atoms with Crippen molar-refractivity contribution in [2.75, 3.05) is 7.05 Å². The molecule has 0 fully saturated rings. The second-order valence-electron chi connectivity index (χ2n) is 6.67. The highest BCUT2D eigenvalue weighted by Gasteiger charge is 2.30. The van der Waals surface area contributed by atoms with Crippen LogP contribution < -0.4 is 5.32 Å². The van der Waals surface area contributed by atoms with E-state index in [1.54, 1.807) is 18.2 Å². The van der Waals surface area contributed by atoms with E-state index in [-0.39, 0.29) is 4.90 Å². The maximum atomic E-state index is 12.6. The minimum atomic E-state index is -3.78. The van der Waals surface area contributed by atoms with Crippen molar-refractivity contribution in [3.63, 3.8) is 0 Å². The molecule has 0 radical (unpaired) electrons. The van der Waals surface area contributed by atoms with Gasteiger partial charge in [0.1, 0.15) is 8.07 Å². The van der Waals surface area contributed by atoms with Crippen molar-refractivity contribution < 1.29 is 13.5 Å². The quantitative estimate of drug-likeness (QED) is 0.631. The molecule has 2 aromatic rings. The Morgan fingerprint density at radius 2 is 1.78 bits per heavy atom. The molecule has 1 atom stereocenters. The first-order chi connectivity index (χ1) is 10.5. The summed E-state index contributed by atoms with van der Waals surface area (Å²) >= 11 is 0. The smallest absolute Gasteiger partial charge is 0.245 e. The van der Waals surface area contributed by atoms with Gasteiger partial charge in [-0.1, -0.05) is 37.3 Å². The lowest BCUT2D eigenvalue weighted by Crippen LogP contribution is -2.38. The molecule has 0 saturated heterocycles. The van der Waals surface area contributed by atoms with Gasteiger partial charge in [0.25, 0.3) is 0 Å². The molecule has 0 bridgehead atoms. The summed E-state index contributed by atoms with van der Waals surface area (Å²) in [6.45, 7) is 8.28. The molecule has 0 spiro atoms. The van der Waals surface area contributed by atoms with Gasteiger partial charge in [-0.25, -0.2) is 8.42 Å². The SMILES string of the molecule is Cc1ccc(S(=O)(=O)N(C)C(O)c2cc([Si](C)(C)C)n[nH]2)cc1. The van der Waals surface area contributed by atoms with Gasteiger partial charge < -0.3 is 5.11 Å². The van der Waals surface area contributed by atoms with Crippen molar-refractivity contribution in [1.29, 1.82) is 0 Å². The molecule has 126 valence electrons. The van der Waals surface area contributed by atoms with Gasteiger partial charge in [0.2, 0.25) is 10.0 Å². The lowest BCUT2D eigenvalue weighted by atomic mass is 10.2. The number of sulfonamides is 1. The number of hydrogen-bond acceptors (Lipinski definition) is 4. The fourth-order valence-electron chi connectivity index (χ4n) is 2.06. The van der Waals surface area contributed by atoms with Crippen LogP contribution in [0.15, 0.2) is 35.2 Å². The van der Waals surface area contributed by atoms with E-state index >= 15 is 0 Å². The Labute approximate surface area is 138 Å². The number of aryl methyl sites for hydroxylation is 1. The normalized spacial score (nSPS) is 14.2. The van der Waals surface area contributed by atoms with E-state index in [0.29, 0.717) is 5.69 Å². The highest BCUT2D eigenvalue weighted by molar-refractivity contribution is 7.89. The van der Waals surface area contributed by atoms with Crippen LogP contribution in [0.2, 0.25) is 19.6 Å². The molecule has 0 amide bonds. The molecule has 0 aliphatic heterocycles. The van der Waals surface area contributed by atoms with Gasteiger partial charge in [0, 0.05) is 12.4 Å². The number of aromatic nitrogens is 2. The molecule has 1 unspecified atom stereocenters. The summed E-state index contributed by atoms with van der Waals surface area (Å²) in [7, 11) is -4.06. The second kappa shape index (κ2) is 6.20. The van der Waals surface area contributed by atoms with Crippen LogP contribution >= 0.6 is 0 Å². The van der Waals surface area contributed by atoms with E-state index in [2.05, 4.69) is 29.8 Å². The Morgan fingerprint density at radius 1 is 1.22 bits per heavy atom. The highest BCUT2D eigenvalue weighted by atomic mass is 32.2. The Hall–Kier alpha value is -1.48. The largest absolute Gasteiger partial charge is 0.371 e. The molecule has 1 aromatic heterocycles. The van der Waals surface area contributed by atoms with Gasteiger partial charge in [-0.05, 0) is 25.1 Å². The van der Waals surface area contributed by atoms with E-state index in [1.807, 2.05) is 6.92 Å². The van der Waals surface area contributed by atoms with Gasteiger partial charge in [0.15, 0.2) is 6.23 Å². The van der Waals surface area contributed by atoms with Crippen LogP contribution in [-0.4, -0.2) is 43.1 Å². The number of benzene rings is 1. The zero-order chi connectivity index (χ0) is 17.4. The average Bonchev–Trinajstić information content (AvgIpc) is 2.96. The number of nitrogens with zero attached hydrogens (tertiary/aromatic N) is 2. The third kappa shape index (κ3) is 3.71. The fraction of sp³-hybridized carbons (Fsp3) is 0.400. The first-order valence-corrected chi connectivity index (χ1v) is 12.3. The minimum Gasteiger partial charge on any atom is -0.371 e. The molecule has 6 nitrogen and oxygen atoms in total. The van der Waals surface area contributed by atoms with Gasteiger partial charge in [0.05, 0.1) is 10.6 Å². The lowest BCUT2D eigenvalue weighted by Gasteiger charge is -2.22. The van der Waals surface area contributed by atoms with E-state index < -0.39 is 24.3 Å². The monoisotopic (exact) mass is 353 g/mol. The maximum Gasteiger partial charge on any atom is 0.245 e. The molecule has 23 heavy (non-hydrogen) atoms. The van der Waals surface area contributed by atoms with Crippen molar-refractivity contribution in [1.82, 2.24) is 14.5 Å². The molecule has 0 aliphatic rings. The first-order valence-electron chi connectivity index (χ1n) is 7.32. The summed E-state index contributed by atoms with van der Waals surface area (Å²) in [6.07, 6.45) is -1.31. The topological polar surface area (TPSA) is 86.3 Å². The zero-order valence-corrected chi connectivity index (χ0v) is 15.8. The summed E-state index contributed by atoms with van der Waals surface area (Å²) in [5.74, 6) is 0. The number of nitrogens with one attached hydrogen (secondary N) is 1. The van der Waals surface area contributed by atoms with Crippen molar-refractivity contribution in [2.45, 2.75) is 37.7 Å². The second-order valence-corrected chi connectivity index (χ2v) is 13.7. The average molecular weight is 354 g/mol. The van der Waals surface area contributed by atoms with Crippen LogP contribution in [0.3, 0.4) is 0 Å². The van der Waals surface area contributed by atoms with Gasteiger partial charge >= 0.3 is 0 Å². The van der Waals surface area contributed by atoms with Crippen molar-refractivity contribution >= 4 is 23.4 Å². The molecule has 0 aliphatic carbocycles. The predicted octanol–water partition coefficient (Wildman–Crippen LogP) is 1.57. The predicted molar refractivity (Wildman–Crippen MR) is 92.7 cm³/mol. The third-order valence-corrected chi connectivity index (χ3v) is 7.31. The molecule has 2 N–H and O–H groups in total. The molecule has 8 heteroatoms. The van der Waals surface area contributed by atoms with Crippen molar-refractivity contribution in [3.05, 3.63) is 41.6 Å². The Bertz CT molecular complexity index is 779. The van der Waals surface area contributed by atoms with E-state index in [0.717, 1.165) is 15.2 Å². The van der Waals surface area contributed by atoms with E-state index in [1.165, 1.54) is 19.2 Å². The number of aliphatic hydroxyl groups is 1. The van der Waals surface area contributed by atoms with Crippen LogP contribution in [0, 0.1) is 6.92 Å². The minimum absolute atomic E-state index is 0.148. The first kappa shape index (κ1) is 17.9. The Morgan fingerprint density at radius 3 is 2.26 bits per heavy atom. The van der Waals surface area contributed by atoms with Crippen molar-refractivity contribution in [3.8, 4) is 0 Å². The van der Waals surface area contributed by atoms with Crippen LogP contribution in [-0.2, 0) is 10.0 Å². The van der Waals surface area contributed by atoms with Crippen LogP contribution in [0.1, 0.15) is 17.5 Å². The Kier molecular flexibility index (Phi) is 4.81. The highest BCUT2D eigenvalue weighted by Crippen LogP contribution is 2.23. The fourth-order valence-corrected chi connectivity index (χ4v) is 4.23.